The fraction of sp³-hybridized carbons (Fsp3) is 0.400. The summed E-state index contributed by atoms with van der Waals surface area (Å²) in [5.74, 6) is 0.847. The average Bonchev–Trinajstić information content (AvgIpc) is 2.99. The Bertz CT molecular complexity index is 1170. The quantitative estimate of drug-likeness (QED) is 0.634. The molecule has 1 aliphatic heterocycles. The number of aromatic nitrogens is 3. The van der Waals surface area contributed by atoms with E-state index in [0.717, 1.165) is 5.52 Å². The Morgan fingerprint density at radius 3 is 2.48 bits per heavy atom. The third-order valence-corrected chi connectivity index (χ3v) is 7.53. The summed E-state index contributed by atoms with van der Waals surface area (Å²) in [6.45, 7) is 1.42. The first kappa shape index (κ1) is 19.7. The van der Waals surface area contributed by atoms with Crippen LogP contribution in [0.4, 0.5) is 0 Å². The van der Waals surface area contributed by atoms with Crippen LogP contribution in [0.15, 0.2) is 52.3 Å². The maximum atomic E-state index is 12.9. The van der Waals surface area contributed by atoms with Crippen molar-refractivity contribution < 1.29 is 13.2 Å². The lowest BCUT2D eigenvalue weighted by Crippen LogP contribution is -2.40. The molecule has 3 aromatic rings. The van der Waals surface area contributed by atoms with Gasteiger partial charge in [0.2, 0.25) is 10.0 Å². The summed E-state index contributed by atoms with van der Waals surface area (Å²) in [4.78, 5) is 17.2. The summed E-state index contributed by atoms with van der Waals surface area (Å²) in [6.07, 6.45) is 3.08. The van der Waals surface area contributed by atoms with E-state index in [1.165, 1.54) is 4.31 Å². The highest BCUT2D eigenvalue weighted by Gasteiger charge is 2.30. The van der Waals surface area contributed by atoms with Gasteiger partial charge in [-0.3, -0.25) is 9.13 Å². The third kappa shape index (κ3) is 3.56. The highest BCUT2D eigenvalue weighted by atomic mass is 32.2. The molecule has 3 heterocycles. The van der Waals surface area contributed by atoms with Gasteiger partial charge in [0.15, 0.2) is 5.65 Å². The van der Waals surface area contributed by atoms with Crippen molar-refractivity contribution in [2.75, 3.05) is 20.2 Å². The molecule has 154 valence electrons. The molecule has 1 fully saturated rings. The Morgan fingerprint density at radius 1 is 1.14 bits per heavy atom. The van der Waals surface area contributed by atoms with E-state index >= 15 is 0 Å². The molecule has 4 rings (SSSR count). The van der Waals surface area contributed by atoms with Gasteiger partial charge < -0.3 is 4.74 Å². The standard InChI is InChI=1S/C20H24N4O4S/c1-22-18-4-3-11-21-19(18)24(20(22)25)14-15-9-12-23(13-10-15)29(26,27)17-7-5-16(28-2)6-8-17/h3-8,11,15H,9-10,12-14H2,1-2H3. The zero-order valence-corrected chi connectivity index (χ0v) is 17.3. The van der Waals surface area contributed by atoms with Gasteiger partial charge in [-0.15, -0.1) is 0 Å². The summed E-state index contributed by atoms with van der Waals surface area (Å²) < 4.78 is 35.7. The van der Waals surface area contributed by atoms with Crippen LogP contribution in [-0.4, -0.2) is 47.0 Å². The molecular weight excluding hydrogens is 392 g/mol. The Kier molecular flexibility index (Phi) is 5.18. The molecule has 1 aromatic carbocycles. The van der Waals surface area contributed by atoms with Crippen LogP contribution in [0.2, 0.25) is 0 Å². The maximum Gasteiger partial charge on any atom is 0.330 e. The molecule has 2 aromatic heterocycles. The van der Waals surface area contributed by atoms with Gasteiger partial charge in [0.1, 0.15) is 5.75 Å². The number of ether oxygens (including phenoxy) is 1. The highest BCUT2D eigenvalue weighted by Crippen LogP contribution is 2.26. The van der Waals surface area contributed by atoms with Gasteiger partial charge in [0, 0.05) is 32.9 Å². The second kappa shape index (κ2) is 7.64. The molecule has 0 bridgehead atoms. The number of sulfonamides is 1. The third-order valence-electron chi connectivity index (χ3n) is 5.61. The first-order valence-electron chi connectivity index (χ1n) is 9.56. The number of fused-ring (bicyclic) bond motifs is 1. The van der Waals surface area contributed by atoms with E-state index in [-0.39, 0.29) is 16.5 Å². The van der Waals surface area contributed by atoms with Crippen molar-refractivity contribution >= 4 is 21.2 Å². The molecule has 0 aliphatic carbocycles. The van der Waals surface area contributed by atoms with Crippen molar-refractivity contribution in [3.63, 3.8) is 0 Å². The number of hydrogen-bond donors (Lipinski definition) is 0. The van der Waals surface area contributed by atoms with E-state index in [9.17, 15) is 13.2 Å². The summed E-state index contributed by atoms with van der Waals surface area (Å²) in [5, 5.41) is 0. The van der Waals surface area contributed by atoms with Gasteiger partial charge in [-0.2, -0.15) is 4.31 Å². The van der Waals surface area contributed by atoms with Crippen LogP contribution in [0, 0.1) is 5.92 Å². The minimum atomic E-state index is -3.53. The van der Waals surface area contributed by atoms with Gasteiger partial charge >= 0.3 is 5.69 Å². The number of rotatable bonds is 5. The minimum Gasteiger partial charge on any atom is -0.497 e. The van der Waals surface area contributed by atoms with Crippen LogP contribution in [0.1, 0.15) is 12.8 Å². The Balaban J connectivity index is 1.47. The van der Waals surface area contributed by atoms with Crippen LogP contribution in [0.3, 0.4) is 0 Å². The molecule has 0 spiro atoms. The summed E-state index contributed by atoms with van der Waals surface area (Å²) in [6, 6.07) is 10.1. The second-order valence-electron chi connectivity index (χ2n) is 7.32. The van der Waals surface area contributed by atoms with Crippen LogP contribution in [-0.2, 0) is 23.6 Å². The largest absolute Gasteiger partial charge is 0.497 e. The number of nitrogens with zero attached hydrogens (tertiary/aromatic N) is 4. The Morgan fingerprint density at radius 2 is 1.83 bits per heavy atom. The smallest absolute Gasteiger partial charge is 0.330 e. The van der Waals surface area contributed by atoms with E-state index in [2.05, 4.69) is 4.98 Å². The number of imidazole rings is 1. The van der Waals surface area contributed by atoms with E-state index in [0.29, 0.717) is 43.9 Å². The van der Waals surface area contributed by atoms with E-state index in [1.54, 1.807) is 53.8 Å². The molecule has 29 heavy (non-hydrogen) atoms. The minimum absolute atomic E-state index is 0.0908. The molecule has 1 saturated heterocycles. The fourth-order valence-corrected chi connectivity index (χ4v) is 5.35. The number of aryl methyl sites for hydroxylation is 1. The lowest BCUT2D eigenvalue weighted by atomic mass is 9.98. The average molecular weight is 417 g/mol. The van der Waals surface area contributed by atoms with Crippen LogP contribution in [0.5, 0.6) is 5.75 Å². The van der Waals surface area contributed by atoms with E-state index in [4.69, 9.17) is 4.74 Å². The topological polar surface area (TPSA) is 86.4 Å². The summed E-state index contributed by atoms with van der Waals surface area (Å²) in [7, 11) is -0.240. The molecule has 1 aliphatic rings. The van der Waals surface area contributed by atoms with Gasteiger partial charge in [-0.05, 0) is 55.2 Å². The normalized spacial score (nSPS) is 16.3. The fourth-order valence-electron chi connectivity index (χ4n) is 3.88. The predicted octanol–water partition coefficient (Wildman–Crippen LogP) is 1.84. The van der Waals surface area contributed by atoms with Crippen molar-refractivity contribution in [2.24, 2.45) is 13.0 Å². The van der Waals surface area contributed by atoms with E-state index in [1.807, 2.05) is 12.1 Å². The molecule has 0 N–H and O–H groups in total. The SMILES string of the molecule is COc1ccc(S(=O)(=O)N2CCC(Cn3c(=O)n(C)c4cccnc43)CC2)cc1. The Labute approximate surface area is 169 Å². The van der Waals surface area contributed by atoms with Gasteiger partial charge in [-0.1, -0.05) is 0 Å². The number of piperidine rings is 1. The first-order valence-corrected chi connectivity index (χ1v) is 11.0. The molecule has 0 amide bonds. The molecule has 9 heteroatoms. The second-order valence-corrected chi connectivity index (χ2v) is 9.26. The molecule has 0 radical (unpaired) electrons. The molecule has 8 nitrogen and oxygen atoms in total. The highest BCUT2D eigenvalue weighted by molar-refractivity contribution is 7.89. The molecule has 0 saturated carbocycles. The van der Waals surface area contributed by atoms with Gasteiger partial charge in [-0.25, -0.2) is 18.2 Å². The molecular formula is C20H24N4O4S. The molecule has 0 unspecified atom stereocenters. The number of pyridine rings is 1. The zero-order valence-electron chi connectivity index (χ0n) is 16.5. The van der Waals surface area contributed by atoms with Crippen molar-refractivity contribution in [3.05, 3.63) is 53.1 Å². The zero-order chi connectivity index (χ0) is 20.6. The van der Waals surface area contributed by atoms with Gasteiger partial charge in [0.05, 0.1) is 17.5 Å². The lowest BCUT2D eigenvalue weighted by Gasteiger charge is -2.31. The first-order chi connectivity index (χ1) is 13.9. The van der Waals surface area contributed by atoms with Crippen molar-refractivity contribution in [1.29, 1.82) is 0 Å². The lowest BCUT2D eigenvalue weighted by molar-refractivity contribution is 0.252. The van der Waals surface area contributed by atoms with Crippen LogP contribution in [0.25, 0.3) is 11.2 Å². The number of benzene rings is 1. The van der Waals surface area contributed by atoms with Crippen molar-refractivity contribution in [3.8, 4) is 5.75 Å². The summed E-state index contributed by atoms with van der Waals surface area (Å²) in [5.41, 5.74) is 1.39. The Hall–Kier alpha value is -2.65. The number of hydrogen-bond acceptors (Lipinski definition) is 5. The summed E-state index contributed by atoms with van der Waals surface area (Å²) >= 11 is 0. The van der Waals surface area contributed by atoms with E-state index < -0.39 is 10.0 Å². The van der Waals surface area contributed by atoms with Crippen LogP contribution < -0.4 is 10.4 Å². The predicted molar refractivity (Wildman–Crippen MR) is 109 cm³/mol. The van der Waals surface area contributed by atoms with Crippen LogP contribution >= 0.6 is 0 Å². The van der Waals surface area contributed by atoms with Crippen molar-refractivity contribution in [1.82, 2.24) is 18.4 Å². The monoisotopic (exact) mass is 416 g/mol. The van der Waals surface area contributed by atoms with Gasteiger partial charge in [0.25, 0.3) is 0 Å². The van der Waals surface area contributed by atoms with Crippen molar-refractivity contribution in [2.45, 2.75) is 24.3 Å². The molecule has 0 atom stereocenters. The number of methoxy groups -OCH3 is 1. The maximum absolute atomic E-state index is 12.9.